The summed E-state index contributed by atoms with van der Waals surface area (Å²) in [4.78, 5) is 0. The van der Waals surface area contributed by atoms with E-state index in [-0.39, 0.29) is 0 Å². The van der Waals surface area contributed by atoms with Crippen LogP contribution < -0.4 is 0 Å². The molecule has 1 aromatic heterocycles. The van der Waals surface area contributed by atoms with E-state index in [1.54, 1.807) is 0 Å². The van der Waals surface area contributed by atoms with Crippen LogP contribution in [0.2, 0.25) is 0 Å². The van der Waals surface area contributed by atoms with E-state index < -0.39 is 0 Å². The van der Waals surface area contributed by atoms with Crippen molar-refractivity contribution in [1.29, 1.82) is 0 Å². The third-order valence-corrected chi connectivity index (χ3v) is 2.73. The van der Waals surface area contributed by atoms with Crippen molar-refractivity contribution in [3.05, 3.63) is 27.3 Å². The lowest BCUT2D eigenvalue weighted by atomic mass is 10.3. The third-order valence-electron chi connectivity index (χ3n) is 1.49. The third kappa shape index (κ3) is 1.10. The highest BCUT2D eigenvalue weighted by Gasteiger charge is 2.03. The number of halogens is 2. The Balaban J connectivity index is 2.94. The number of nitrogens with one attached hydrogen (secondary N) is 1. The SMILES string of the molecule is Brc1[nH]nc2c(Br)cccc12. The highest BCUT2D eigenvalue weighted by Crippen LogP contribution is 2.26. The van der Waals surface area contributed by atoms with Gasteiger partial charge in [-0.05, 0) is 44.0 Å². The Kier molecular flexibility index (Phi) is 1.73. The zero-order valence-corrected chi connectivity index (χ0v) is 8.61. The molecule has 0 aliphatic heterocycles. The molecule has 0 aliphatic rings. The van der Waals surface area contributed by atoms with E-state index in [0.29, 0.717) is 0 Å². The smallest absolute Gasteiger partial charge is 0.108 e. The Morgan fingerprint density at radius 1 is 1.27 bits per heavy atom. The first-order valence-electron chi connectivity index (χ1n) is 3.07. The Labute approximate surface area is 80.2 Å². The zero-order valence-electron chi connectivity index (χ0n) is 5.44. The minimum Gasteiger partial charge on any atom is -0.270 e. The highest BCUT2D eigenvalue weighted by atomic mass is 79.9. The molecule has 0 bridgehead atoms. The van der Waals surface area contributed by atoms with Crippen molar-refractivity contribution in [3.8, 4) is 0 Å². The van der Waals surface area contributed by atoms with Crippen LogP contribution in [0.15, 0.2) is 27.3 Å². The van der Waals surface area contributed by atoms with Crippen LogP contribution in [0.3, 0.4) is 0 Å². The number of benzene rings is 1. The van der Waals surface area contributed by atoms with Crippen LogP contribution >= 0.6 is 31.9 Å². The molecule has 1 heterocycles. The molecule has 1 N–H and O–H groups in total. The van der Waals surface area contributed by atoms with Gasteiger partial charge in [-0.15, -0.1) is 0 Å². The summed E-state index contributed by atoms with van der Waals surface area (Å²) in [5.41, 5.74) is 0.958. The van der Waals surface area contributed by atoms with Crippen LogP contribution in [-0.2, 0) is 0 Å². The topological polar surface area (TPSA) is 28.7 Å². The summed E-state index contributed by atoms with van der Waals surface area (Å²) in [5, 5.41) is 8.05. The summed E-state index contributed by atoms with van der Waals surface area (Å²) in [6.07, 6.45) is 0. The van der Waals surface area contributed by atoms with Crippen molar-refractivity contribution in [2.24, 2.45) is 0 Å². The predicted octanol–water partition coefficient (Wildman–Crippen LogP) is 3.09. The van der Waals surface area contributed by atoms with Crippen molar-refractivity contribution in [1.82, 2.24) is 10.2 Å². The van der Waals surface area contributed by atoms with E-state index in [4.69, 9.17) is 0 Å². The fourth-order valence-corrected chi connectivity index (χ4v) is 1.83. The summed E-state index contributed by atoms with van der Waals surface area (Å²) in [6, 6.07) is 5.95. The summed E-state index contributed by atoms with van der Waals surface area (Å²) in [5.74, 6) is 0. The first-order chi connectivity index (χ1) is 5.29. The Bertz CT molecular complexity index is 394. The van der Waals surface area contributed by atoms with E-state index in [0.717, 1.165) is 20.0 Å². The molecule has 11 heavy (non-hydrogen) atoms. The summed E-state index contributed by atoms with van der Waals surface area (Å²) >= 11 is 6.77. The molecule has 2 nitrogen and oxygen atoms in total. The second-order valence-electron chi connectivity index (χ2n) is 2.17. The van der Waals surface area contributed by atoms with Gasteiger partial charge in [0.05, 0.1) is 0 Å². The number of para-hydroxylation sites is 1. The van der Waals surface area contributed by atoms with Crippen LogP contribution in [0.1, 0.15) is 0 Å². The molecule has 0 saturated heterocycles. The monoisotopic (exact) mass is 274 g/mol. The van der Waals surface area contributed by atoms with Gasteiger partial charge < -0.3 is 0 Å². The first kappa shape index (κ1) is 7.31. The van der Waals surface area contributed by atoms with E-state index in [1.165, 1.54) is 0 Å². The van der Waals surface area contributed by atoms with Crippen molar-refractivity contribution < 1.29 is 0 Å². The molecule has 0 fully saturated rings. The van der Waals surface area contributed by atoms with E-state index in [1.807, 2.05) is 18.2 Å². The lowest BCUT2D eigenvalue weighted by Crippen LogP contribution is -1.69. The van der Waals surface area contributed by atoms with Crippen LogP contribution in [0.4, 0.5) is 0 Å². The van der Waals surface area contributed by atoms with Gasteiger partial charge in [0.25, 0.3) is 0 Å². The highest BCUT2D eigenvalue weighted by molar-refractivity contribution is 9.11. The largest absolute Gasteiger partial charge is 0.270 e. The van der Waals surface area contributed by atoms with Gasteiger partial charge in [0.15, 0.2) is 0 Å². The molecule has 0 spiro atoms. The number of H-pyrrole nitrogens is 1. The van der Waals surface area contributed by atoms with Crippen molar-refractivity contribution in [2.75, 3.05) is 0 Å². The number of fused-ring (bicyclic) bond motifs is 1. The molecule has 0 unspecified atom stereocenters. The average Bonchev–Trinajstić information content (AvgIpc) is 2.35. The normalized spacial score (nSPS) is 10.7. The number of hydrogen-bond donors (Lipinski definition) is 1. The maximum absolute atomic E-state index is 4.10. The molecule has 4 heteroatoms. The van der Waals surface area contributed by atoms with Gasteiger partial charge in [0, 0.05) is 9.86 Å². The maximum Gasteiger partial charge on any atom is 0.108 e. The molecule has 2 aromatic rings. The van der Waals surface area contributed by atoms with E-state index in [2.05, 4.69) is 42.1 Å². The zero-order chi connectivity index (χ0) is 7.84. The molecule has 0 atom stereocenters. The van der Waals surface area contributed by atoms with Gasteiger partial charge in [-0.3, -0.25) is 5.10 Å². The van der Waals surface area contributed by atoms with Gasteiger partial charge in [-0.1, -0.05) is 6.07 Å². The molecule has 2 rings (SSSR count). The minimum absolute atomic E-state index is 0.925. The second-order valence-corrected chi connectivity index (χ2v) is 3.82. The van der Waals surface area contributed by atoms with E-state index >= 15 is 0 Å². The molecular weight excluding hydrogens is 272 g/mol. The lowest BCUT2D eigenvalue weighted by Gasteiger charge is -1.89. The van der Waals surface area contributed by atoms with Gasteiger partial charge in [-0.25, -0.2) is 0 Å². The van der Waals surface area contributed by atoms with E-state index in [9.17, 15) is 0 Å². The van der Waals surface area contributed by atoms with Gasteiger partial charge >= 0.3 is 0 Å². The number of rotatable bonds is 0. The minimum atomic E-state index is 0.925. The molecule has 1 aromatic carbocycles. The lowest BCUT2D eigenvalue weighted by molar-refractivity contribution is 1.09. The molecule has 0 amide bonds. The second kappa shape index (κ2) is 2.60. The van der Waals surface area contributed by atoms with Gasteiger partial charge in [0.2, 0.25) is 0 Å². The Morgan fingerprint density at radius 2 is 2.09 bits per heavy atom. The van der Waals surface area contributed by atoms with Crippen LogP contribution in [-0.4, -0.2) is 10.2 Å². The van der Waals surface area contributed by atoms with Crippen molar-refractivity contribution in [2.45, 2.75) is 0 Å². The van der Waals surface area contributed by atoms with Crippen molar-refractivity contribution >= 4 is 42.8 Å². The van der Waals surface area contributed by atoms with Gasteiger partial charge in [0.1, 0.15) is 10.1 Å². The van der Waals surface area contributed by atoms with Crippen LogP contribution in [0.5, 0.6) is 0 Å². The quantitative estimate of drug-likeness (QED) is 0.786. The maximum atomic E-state index is 4.10. The van der Waals surface area contributed by atoms with Crippen LogP contribution in [0.25, 0.3) is 10.9 Å². The number of nitrogens with zero attached hydrogens (tertiary/aromatic N) is 1. The predicted molar refractivity (Wildman–Crippen MR) is 51.5 cm³/mol. The summed E-state index contributed by atoms with van der Waals surface area (Å²) < 4.78 is 1.94. The van der Waals surface area contributed by atoms with Gasteiger partial charge in [-0.2, -0.15) is 5.10 Å². The molecule has 0 radical (unpaired) electrons. The number of aromatic amines is 1. The Morgan fingerprint density at radius 3 is 2.82 bits per heavy atom. The fraction of sp³-hybridized carbons (Fsp3) is 0. The van der Waals surface area contributed by atoms with Crippen molar-refractivity contribution in [3.63, 3.8) is 0 Å². The average molecular weight is 276 g/mol. The standard InChI is InChI=1S/C7H4Br2N2/c8-5-3-1-2-4-6(5)10-11-7(4)9/h1-3H,(H,10,11). The first-order valence-corrected chi connectivity index (χ1v) is 4.66. The molecule has 0 saturated carbocycles. The summed E-state index contributed by atoms with van der Waals surface area (Å²) in [6.45, 7) is 0. The molecule has 0 aliphatic carbocycles. The van der Waals surface area contributed by atoms with Crippen LogP contribution in [0, 0.1) is 0 Å². The molecular formula is C7H4Br2N2. The number of aromatic nitrogens is 2. The Hall–Kier alpha value is -0.350. The molecule has 56 valence electrons. The fourth-order valence-electron chi connectivity index (χ4n) is 0.971. The summed E-state index contributed by atoms with van der Waals surface area (Å²) in [7, 11) is 0. The number of hydrogen-bond acceptors (Lipinski definition) is 1.